The molecule has 118 valence electrons. The number of aromatic nitrogens is 1. The first kappa shape index (κ1) is 15.3. The maximum absolute atomic E-state index is 5.08. The first-order valence-electron chi connectivity index (χ1n) is 8.80. The standard InChI is InChI=1S/C17H29N3S/c1-3-10-18-12-15-16(13-8-9-13)19-17(21-15)20-11-6-5-7-14(20)4-2/h13-14,18H,3-12H2,1-2H3. The molecule has 3 nitrogen and oxygen atoms in total. The van der Waals surface area contributed by atoms with Crippen molar-refractivity contribution in [1.82, 2.24) is 10.3 Å². The molecule has 21 heavy (non-hydrogen) atoms. The zero-order valence-corrected chi connectivity index (χ0v) is 14.3. The molecule has 1 aromatic rings. The van der Waals surface area contributed by atoms with Gasteiger partial charge in [-0.2, -0.15) is 0 Å². The van der Waals surface area contributed by atoms with Crippen molar-refractivity contribution in [3.63, 3.8) is 0 Å². The highest BCUT2D eigenvalue weighted by Crippen LogP contribution is 2.44. The Balaban J connectivity index is 1.76. The van der Waals surface area contributed by atoms with Crippen LogP contribution in [-0.2, 0) is 6.54 Å². The summed E-state index contributed by atoms with van der Waals surface area (Å²) in [7, 11) is 0. The van der Waals surface area contributed by atoms with Crippen LogP contribution >= 0.6 is 11.3 Å². The predicted molar refractivity (Wildman–Crippen MR) is 91.4 cm³/mol. The summed E-state index contributed by atoms with van der Waals surface area (Å²) in [6.07, 6.45) is 9.22. The van der Waals surface area contributed by atoms with E-state index in [1.54, 1.807) is 0 Å². The van der Waals surface area contributed by atoms with E-state index < -0.39 is 0 Å². The fraction of sp³-hybridized carbons (Fsp3) is 0.824. The van der Waals surface area contributed by atoms with Crippen molar-refractivity contribution in [1.29, 1.82) is 0 Å². The Kier molecular flexibility index (Phi) is 5.17. The molecule has 0 radical (unpaired) electrons. The topological polar surface area (TPSA) is 28.2 Å². The highest BCUT2D eigenvalue weighted by molar-refractivity contribution is 7.15. The highest BCUT2D eigenvalue weighted by Gasteiger charge is 2.32. The molecule has 2 fully saturated rings. The maximum atomic E-state index is 5.08. The average molecular weight is 308 g/mol. The van der Waals surface area contributed by atoms with Crippen LogP contribution in [0, 0.1) is 0 Å². The molecule has 2 aliphatic rings. The molecule has 0 aromatic carbocycles. The number of nitrogens with zero attached hydrogens (tertiary/aromatic N) is 2. The monoisotopic (exact) mass is 307 g/mol. The second kappa shape index (κ2) is 7.10. The van der Waals surface area contributed by atoms with Crippen LogP contribution in [0.25, 0.3) is 0 Å². The summed E-state index contributed by atoms with van der Waals surface area (Å²) < 4.78 is 0. The molecule has 1 atom stereocenters. The molecule has 1 unspecified atom stereocenters. The summed E-state index contributed by atoms with van der Waals surface area (Å²) >= 11 is 1.96. The van der Waals surface area contributed by atoms with Gasteiger partial charge in [0, 0.05) is 29.9 Å². The van der Waals surface area contributed by atoms with Crippen LogP contribution in [0.5, 0.6) is 0 Å². The fourth-order valence-corrected chi connectivity index (χ4v) is 4.54. The fourth-order valence-electron chi connectivity index (χ4n) is 3.33. The summed E-state index contributed by atoms with van der Waals surface area (Å²) in [5.74, 6) is 0.762. The van der Waals surface area contributed by atoms with Gasteiger partial charge in [0.2, 0.25) is 0 Å². The maximum Gasteiger partial charge on any atom is 0.186 e. The highest BCUT2D eigenvalue weighted by atomic mass is 32.1. The molecule has 1 saturated carbocycles. The van der Waals surface area contributed by atoms with E-state index >= 15 is 0 Å². The summed E-state index contributed by atoms with van der Waals surface area (Å²) in [6, 6.07) is 0.716. The first-order valence-corrected chi connectivity index (χ1v) is 9.62. The lowest BCUT2D eigenvalue weighted by molar-refractivity contribution is 0.449. The SMILES string of the molecule is CCCNCc1sc(N2CCCCC2CC)nc1C1CC1. The van der Waals surface area contributed by atoms with Gasteiger partial charge in [0.05, 0.1) is 5.69 Å². The lowest BCUT2D eigenvalue weighted by atomic mass is 10.0. The third-order valence-electron chi connectivity index (χ3n) is 4.74. The molecule has 3 rings (SSSR count). The van der Waals surface area contributed by atoms with Crippen LogP contribution < -0.4 is 10.2 Å². The molecule has 1 N–H and O–H groups in total. The quantitative estimate of drug-likeness (QED) is 0.762. The Hall–Kier alpha value is -0.610. The number of rotatable bonds is 7. The van der Waals surface area contributed by atoms with Crippen LogP contribution in [-0.4, -0.2) is 24.1 Å². The van der Waals surface area contributed by atoms with Gasteiger partial charge in [0.15, 0.2) is 5.13 Å². The zero-order chi connectivity index (χ0) is 14.7. The molecule has 0 bridgehead atoms. The Morgan fingerprint density at radius 1 is 1.24 bits per heavy atom. The van der Waals surface area contributed by atoms with Gasteiger partial charge in [-0.15, -0.1) is 11.3 Å². The second-order valence-electron chi connectivity index (χ2n) is 6.51. The molecule has 1 saturated heterocycles. The molecule has 0 spiro atoms. The van der Waals surface area contributed by atoms with Crippen molar-refractivity contribution < 1.29 is 0 Å². The van der Waals surface area contributed by atoms with Gasteiger partial charge in [0.1, 0.15) is 0 Å². The van der Waals surface area contributed by atoms with Crippen molar-refractivity contribution in [3.8, 4) is 0 Å². The van der Waals surface area contributed by atoms with Crippen LogP contribution in [0.3, 0.4) is 0 Å². The van der Waals surface area contributed by atoms with Gasteiger partial charge in [-0.05, 0) is 51.5 Å². The van der Waals surface area contributed by atoms with Crippen LogP contribution in [0.1, 0.15) is 75.3 Å². The van der Waals surface area contributed by atoms with Crippen molar-refractivity contribution in [3.05, 3.63) is 10.6 Å². The number of hydrogen-bond donors (Lipinski definition) is 1. The average Bonchev–Trinajstić information content (AvgIpc) is 3.28. The molecule has 1 aliphatic heterocycles. The first-order chi connectivity index (χ1) is 10.3. The normalized spacial score (nSPS) is 22.8. The van der Waals surface area contributed by atoms with Gasteiger partial charge < -0.3 is 10.2 Å². The molecular weight excluding hydrogens is 278 g/mol. The van der Waals surface area contributed by atoms with E-state index in [2.05, 4.69) is 24.1 Å². The predicted octanol–water partition coefficient (Wildman–Crippen LogP) is 4.29. The van der Waals surface area contributed by atoms with Gasteiger partial charge in [-0.3, -0.25) is 0 Å². The Morgan fingerprint density at radius 2 is 2.10 bits per heavy atom. The minimum absolute atomic E-state index is 0.716. The Labute approximate surface area is 133 Å². The third kappa shape index (κ3) is 3.59. The molecule has 1 aliphatic carbocycles. The summed E-state index contributed by atoms with van der Waals surface area (Å²) in [6.45, 7) is 7.88. The molecule has 2 heterocycles. The van der Waals surface area contributed by atoms with Crippen LogP contribution in [0.15, 0.2) is 0 Å². The van der Waals surface area contributed by atoms with E-state index in [1.165, 1.54) is 67.2 Å². The van der Waals surface area contributed by atoms with Gasteiger partial charge in [-0.25, -0.2) is 4.98 Å². The van der Waals surface area contributed by atoms with Crippen molar-refractivity contribution in [2.75, 3.05) is 18.0 Å². The van der Waals surface area contributed by atoms with E-state index in [0.29, 0.717) is 6.04 Å². The van der Waals surface area contributed by atoms with E-state index in [1.807, 2.05) is 11.3 Å². The number of anilines is 1. The van der Waals surface area contributed by atoms with Gasteiger partial charge in [0.25, 0.3) is 0 Å². The molecular formula is C17H29N3S. The molecule has 0 amide bonds. The van der Waals surface area contributed by atoms with Crippen molar-refractivity contribution in [2.24, 2.45) is 0 Å². The minimum Gasteiger partial charge on any atom is -0.345 e. The Morgan fingerprint density at radius 3 is 2.81 bits per heavy atom. The lowest BCUT2D eigenvalue weighted by Gasteiger charge is -2.35. The van der Waals surface area contributed by atoms with E-state index in [0.717, 1.165) is 19.0 Å². The minimum atomic E-state index is 0.716. The van der Waals surface area contributed by atoms with Crippen molar-refractivity contribution >= 4 is 16.5 Å². The van der Waals surface area contributed by atoms with E-state index in [4.69, 9.17) is 4.98 Å². The van der Waals surface area contributed by atoms with Gasteiger partial charge >= 0.3 is 0 Å². The summed E-state index contributed by atoms with van der Waals surface area (Å²) in [5, 5.41) is 4.87. The largest absolute Gasteiger partial charge is 0.345 e. The van der Waals surface area contributed by atoms with Crippen LogP contribution in [0.2, 0.25) is 0 Å². The number of thiazole rings is 1. The summed E-state index contributed by atoms with van der Waals surface area (Å²) in [5.41, 5.74) is 1.42. The van der Waals surface area contributed by atoms with Crippen LogP contribution in [0.4, 0.5) is 5.13 Å². The second-order valence-corrected chi connectivity index (χ2v) is 7.57. The number of piperidine rings is 1. The van der Waals surface area contributed by atoms with E-state index in [9.17, 15) is 0 Å². The smallest absolute Gasteiger partial charge is 0.186 e. The molecule has 4 heteroatoms. The van der Waals surface area contributed by atoms with Gasteiger partial charge in [-0.1, -0.05) is 13.8 Å². The zero-order valence-electron chi connectivity index (χ0n) is 13.5. The lowest BCUT2D eigenvalue weighted by Crippen LogP contribution is -2.39. The Bertz CT molecular complexity index is 453. The molecule has 1 aromatic heterocycles. The number of hydrogen-bond acceptors (Lipinski definition) is 4. The van der Waals surface area contributed by atoms with E-state index in [-0.39, 0.29) is 0 Å². The van der Waals surface area contributed by atoms with Crippen molar-refractivity contribution in [2.45, 2.75) is 77.3 Å². The third-order valence-corrected chi connectivity index (χ3v) is 5.84. The number of nitrogens with one attached hydrogen (secondary N) is 1. The summed E-state index contributed by atoms with van der Waals surface area (Å²) in [4.78, 5) is 9.18.